The first-order valence-electron chi connectivity index (χ1n) is 9.32. The smallest absolute Gasteiger partial charge is 0.263 e. The lowest BCUT2D eigenvalue weighted by atomic mass is 10.2. The molecule has 1 amide bonds. The maximum Gasteiger partial charge on any atom is 0.263 e. The van der Waals surface area contributed by atoms with Gasteiger partial charge in [-0.25, -0.2) is 4.98 Å². The zero-order valence-corrected chi connectivity index (χ0v) is 19.0. The molecule has 0 spiro atoms. The number of carbonyl (C=O) groups is 1. The molecule has 30 heavy (non-hydrogen) atoms. The zero-order chi connectivity index (χ0) is 20.5. The lowest BCUT2D eigenvalue weighted by Gasteiger charge is -2.12. The number of hydrogen-bond donors (Lipinski definition) is 1. The number of thioether (sulfide) groups is 2. The summed E-state index contributed by atoms with van der Waals surface area (Å²) in [4.78, 5) is 31.8. The Morgan fingerprint density at radius 2 is 2.03 bits per heavy atom. The van der Waals surface area contributed by atoms with E-state index < -0.39 is 0 Å². The van der Waals surface area contributed by atoms with Gasteiger partial charge in [0.1, 0.15) is 11.4 Å². The van der Waals surface area contributed by atoms with Gasteiger partial charge in [-0.2, -0.15) is 0 Å². The Hall–Kier alpha value is -2.07. The monoisotopic (exact) mass is 471 g/mol. The van der Waals surface area contributed by atoms with Crippen LogP contribution in [0.3, 0.4) is 0 Å². The highest BCUT2D eigenvalue weighted by atomic mass is 32.2. The van der Waals surface area contributed by atoms with Crippen LogP contribution < -0.4 is 10.9 Å². The largest absolute Gasteiger partial charge is 0.325 e. The Morgan fingerprint density at radius 1 is 1.17 bits per heavy atom. The van der Waals surface area contributed by atoms with Crippen LogP contribution in [0.4, 0.5) is 5.69 Å². The fourth-order valence-corrected chi connectivity index (χ4v) is 7.92. The summed E-state index contributed by atoms with van der Waals surface area (Å²) in [6.45, 7) is -0.0708. The van der Waals surface area contributed by atoms with Crippen LogP contribution in [-0.2, 0) is 11.3 Å². The van der Waals surface area contributed by atoms with Crippen LogP contribution in [0.1, 0.15) is 10.1 Å². The van der Waals surface area contributed by atoms with E-state index in [0.717, 1.165) is 27.6 Å². The van der Waals surface area contributed by atoms with Crippen LogP contribution in [0, 0.1) is 0 Å². The summed E-state index contributed by atoms with van der Waals surface area (Å²) >= 11 is 6.89. The van der Waals surface area contributed by atoms with Gasteiger partial charge < -0.3 is 5.32 Å². The topological polar surface area (TPSA) is 64.0 Å². The van der Waals surface area contributed by atoms with Crippen molar-refractivity contribution in [1.82, 2.24) is 9.55 Å². The molecule has 5 nitrogen and oxygen atoms in total. The highest BCUT2D eigenvalue weighted by Gasteiger charge is 2.19. The fourth-order valence-electron chi connectivity index (χ4n) is 3.36. The third kappa shape index (κ3) is 3.94. The summed E-state index contributed by atoms with van der Waals surface area (Å²) in [5.74, 6) is 2.07. The maximum atomic E-state index is 13.1. The number of carbonyl (C=O) groups excluding carboxylic acids is 1. The van der Waals surface area contributed by atoms with E-state index >= 15 is 0 Å². The Kier molecular flexibility index (Phi) is 5.68. The fraction of sp³-hybridized carbons (Fsp3) is 0.190. The van der Waals surface area contributed by atoms with Crippen molar-refractivity contribution in [2.75, 3.05) is 16.8 Å². The zero-order valence-electron chi connectivity index (χ0n) is 15.7. The number of rotatable bonds is 5. The van der Waals surface area contributed by atoms with Gasteiger partial charge in [0.15, 0.2) is 0 Å². The number of fused-ring (bicyclic) bond motifs is 1. The van der Waals surface area contributed by atoms with E-state index in [-0.39, 0.29) is 18.0 Å². The second-order valence-corrected chi connectivity index (χ2v) is 11.3. The molecule has 152 valence electrons. The normalized spacial score (nSPS) is 14.4. The summed E-state index contributed by atoms with van der Waals surface area (Å²) in [5.41, 5.74) is 2.66. The summed E-state index contributed by atoms with van der Waals surface area (Å²) in [5, 5.41) is 7.45. The Morgan fingerprint density at radius 3 is 2.83 bits per heavy atom. The molecule has 5 rings (SSSR count). The second kappa shape index (κ2) is 8.58. The van der Waals surface area contributed by atoms with Crippen LogP contribution in [0.5, 0.6) is 0 Å². The molecule has 3 aromatic heterocycles. The average molecular weight is 472 g/mol. The van der Waals surface area contributed by atoms with Crippen LogP contribution >= 0.6 is 46.2 Å². The Bertz CT molecular complexity index is 1260. The standard InChI is InChI=1S/C21H17N3O2S4/c25-17(23-14-4-1-3-13(9-14)21-28-7-8-29-21)10-24-12-22-19-18(20(24)26)15(11-30-19)16-5-2-6-27-16/h1-6,9,11-12,21H,7-8,10H2,(H,23,25). The van der Waals surface area contributed by atoms with E-state index in [0.29, 0.717) is 14.8 Å². The number of nitrogens with one attached hydrogen (secondary N) is 1. The highest BCUT2D eigenvalue weighted by Crippen LogP contribution is 2.45. The molecule has 0 unspecified atom stereocenters. The van der Waals surface area contributed by atoms with Crippen molar-refractivity contribution >= 4 is 68.0 Å². The molecule has 0 bridgehead atoms. The molecule has 1 saturated heterocycles. The van der Waals surface area contributed by atoms with E-state index in [1.807, 2.05) is 64.6 Å². The summed E-state index contributed by atoms with van der Waals surface area (Å²) in [7, 11) is 0. The predicted molar refractivity (Wildman–Crippen MR) is 130 cm³/mol. The minimum atomic E-state index is -0.241. The van der Waals surface area contributed by atoms with Crippen LogP contribution in [-0.4, -0.2) is 27.0 Å². The van der Waals surface area contributed by atoms with Crippen molar-refractivity contribution in [3.05, 3.63) is 69.4 Å². The van der Waals surface area contributed by atoms with Gasteiger partial charge in [-0.15, -0.1) is 46.2 Å². The van der Waals surface area contributed by atoms with Gasteiger partial charge in [0.05, 0.1) is 16.3 Å². The van der Waals surface area contributed by atoms with Crippen molar-refractivity contribution in [2.45, 2.75) is 11.1 Å². The number of aromatic nitrogens is 2. The molecule has 1 aliphatic heterocycles. The summed E-state index contributed by atoms with van der Waals surface area (Å²) in [6, 6.07) is 11.9. The lowest BCUT2D eigenvalue weighted by molar-refractivity contribution is -0.116. The van der Waals surface area contributed by atoms with Gasteiger partial charge in [-0.1, -0.05) is 18.2 Å². The molecule has 0 aliphatic carbocycles. The van der Waals surface area contributed by atoms with Crippen molar-refractivity contribution < 1.29 is 4.79 Å². The number of anilines is 1. The summed E-state index contributed by atoms with van der Waals surface area (Å²) in [6.07, 6.45) is 1.46. The molecule has 4 aromatic rings. The van der Waals surface area contributed by atoms with E-state index in [9.17, 15) is 9.59 Å². The Labute approximate surface area is 189 Å². The average Bonchev–Trinajstić information content (AvgIpc) is 3.51. The van der Waals surface area contributed by atoms with Crippen molar-refractivity contribution in [1.29, 1.82) is 0 Å². The van der Waals surface area contributed by atoms with Gasteiger partial charge in [0, 0.05) is 33.0 Å². The minimum absolute atomic E-state index is 0.0708. The van der Waals surface area contributed by atoms with E-state index in [1.54, 1.807) is 11.3 Å². The molecule has 1 aliphatic rings. The SMILES string of the molecule is O=C(Cn1cnc2scc(-c3cccs3)c2c1=O)Nc1cccc(C2SCCS2)c1. The molecule has 9 heteroatoms. The third-order valence-electron chi connectivity index (χ3n) is 4.73. The van der Waals surface area contributed by atoms with Crippen molar-refractivity contribution in [2.24, 2.45) is 0 Å². The highest BCUT2D eigenvalue weighted by molar-refractivity contribution is 8.19. The number of amides is 1. The first-order chi connectivity index (χ1) is 14.7. The molecule has 1 aromatic carbocycles. The number of nitrogens with zero attached hydrogens (tertiary/aromatic N) is 2. The first kappa shape index (κ1) is 19.9. The second-order valence-electron chi connectivity index (χ2n) is 6.73. The van der Waals surface area contributed by atoms with Gasteiger partial charge in [-0.3, -0.25) is 14.2 Å². The predicted octanol–water partition coefficient (Wildman–Crippen LogP) is 5.30. The van der Waals surface area contributed by atoms with Crippen molar-refractivity contribution in [3.63, 3.8) is 0 Å². The molecular weight excluding hydrogens is 455 g/mol. The van der Waals surface area contributed by atoms with E-state index in [1.165, 1.54) is 27.8 Å². The van der Waals surface area contributed by atoms with Crippen LogP contribution in [0.2, 0.25) is 0 Å². The molecule has 4 heterocycles. The van der Waals surface area contributed by atoms with Crippen LogP contribution in [0.25, 0.3) is 20.7 Å². The Balaban J connectivity index is 1.37. The summed E-state index contributed by atoms with van der Waals surface area (Å²) < 4.78 is 1.80. The lowest BCUT2D eigenvalue weighted by Crippen LogP contribution is -2.27. The first-order valence-corrected chi connectivity index (χ1v) is 13.2. The molecule has 0 radical (unpaired) electrons. The third-order valence-corrected chi connectivity index (χ3v) is 9.62. The van der Waals surface area contributed by atoms with Gasteiger partial charge in [0.25, 0.3) is 5.56 Å². The van der Waals surface area contributed by atoms with Gasteiger partial charge in [0.2, 0.25) is 5.91 Å². The number of hydrogen-bond acceptors (Lipinski definition) is 7. The van der Waals surface area contributed by atoms with Gasteiger partial charge >= 0.3 is 0 Å². The van der Waals surface area contributed by atoms with Crippen molar-refractivity contribution in [3.8, 4) is 10.4 Å². The minimum Gasteiger partial charge on any atom is -0.325 e. The number of benzene rings is 1. The number of thiophene rings is 2. The quantitative estimate of drug-likeness (QED) is 0.428. The molecule has 0 atom stereocenters. The molecule has 1 fully saturated rings. The van der Waals surface area contributed by atoms with Crippen LogP contribution in [0.15, 0.2) is 58.3 Å². The van der Waals surface area contributed by atoms with E-state index in [2.05, 4.69) is 16.4 Å². The molecule has 1 N–H and O–H groups in total. The van der Waals surface area contributed by atoms with E-state index in [4.69, 9.17) is 0 Å². The van der Waals surface area contributed by atoms with Gasteiger partial charge in [-0.05, 0) is 29.1 Å². The molecular formula is C21H17N3O2S4. The maximum absolute atomic E-state index is 13.1. The molecule has 0 saturated carbocycles.